The van der Waals surface area contributed by atoms with Crippen LogP contribution in [-0.2, 0) is 4.74 Å². The summed E-state index contributed by atoms with van der Waals surface area (Å²) < 4.78 is 5.94. The molecule has 0 aromatic heterocycles. The number of hydrogen-bond acceptors (Lipinski definition) is 2. The maximum atomic E-state index is 5.94. The van der Waals surface area contributed by atoms with E-state index in [0.29, 0.717) is 0 Å². The molecular weight excluding hydrogens is 246 g/mol. The largest absolute Gasteiger partial charge is 0.370 e. The second-order valence-electron chi connectivity index (χ2n) is 5.55. The van der Waals surface area contributed by atoms with Crippen LogP contribution in [0, 0.1) is 13.8 Å². The van der Waals surface area contributed by atoms with Gasteiger partial charge in [0.25, 0.3) is 0 Å². The minimum absolute atomic E-state index is 0.172. The van der Waals surface area contributed by atoms with E-state index in [0.717, 1.165) is 19.7 Å². The fraction of sp³-hybridized carbons (Fsp3) is 0.333. The lowest BCUT2D eigenvalue weighted by Gasteiger charge is -2.35. The predicted octanol–water partition coefficient (Wildman–Crippen LogP) is 3.88. The fourth-order valence-electron chi connectivity index (χ4n) is 2.62. The number of benzene rings is 2. The van der Waals surface area contributed by atoms with Crippen molar-refractivity contribution in [1.29, 1.82) is 0 Å². The molecule has 2 heteroatoms. The summed E-state index contributed by atoms with van der Waals surface area (Å²) in [6, 6.07) is 17.4. The Bertz CT molecular complexity index is 507. The molecule has 2 aromatic rings. The zero-order valence-corrected chi connectivity index (χ0v) is 12.2. The Kier molecular flexibility index (Phi) is 3.75. The predicted molar refractivity (Wildman–Crippen MR) is 83.3 cm³/mol. The van der Waals surface area contributed by atoms with E-state index in [1.165, 1.54) is 22.4 Å². The fourth-order valence-corrected chi connectivity index (χ4v) is 2.62. The molecule has 2 aromatic carbocycles. The van der Waals surface area contributed by atoms with E-state index >= 15 is 0 Å². The van der Waals surface area contributed by atoms with Crippen LogP contribution < -0.4 is 4.90 Å². The van der Waals surface area contributed by atoms with Gasteiger partial charge in [0, 0.05) is 18.8 Å². The van der Waals surface area contributed by atoms with E-state index in [2.05, 4.69) is 67.3 Å². The molecule has 0 N–H and O–H groups in total. The van der Waals surface area contributed by atoms with Crippen LogP contribution in [0.4, 0.5) is 5.69 Å². The standard InChI is InChI=1S/C18H21NO/c1-14-3-7-16(8-4-14)18-13-19(11-12-20-18)17-9-5-15(2)6-10-17/h3-10,18H,11-13H2,1-2H3. The van der Waals surface area contributed by atoms with E-state index in [1.807, 2.05) is 0 Å². The summed E-state index contributed by atoms with van der Waals surface area (Å²) >= 11 is 0. The third-order valence-electron chi connectivity index (χ3n) is 3.91. The van der Waals surface area contributed by atoms with Crippen molar-refractivity contribution in [1.82, 2.24) is 0 Å². The molecular formula is C18H21NO. The highest BCUT2D eigenvalue weighted by Gasteiger charge is 2.21. The molecule has 1 saturated heterocycles. The van der Waals surface area contributed by atoms with Crippen LogP contribution in [0.5, 0.6) is 0 Å². The maximum Gasteiger partial charge on any atom is 0.100 e. The normalized spacial score (nSPS) is 19.1. The van der Waals surface area contributed by atoms with Gasteiger partial charge in [-0.3, -0.25) is 0 Å². The number of morpholine rings is 1. The number of rotatable bonds is 2. The average Bonchev–Trinajstić information content (AvgIpc) is 2.49. The number of anilines is 1. The van der Waals surface area contributed by atoms with Gasteiger partial charge >= 0.3 is 0 Å². The van der Waals surface area contributed by atoms with Crippen LogP contribution in [0.1, 0.15) is 22.8 Å². The van der Waals surface area contributed by atoms with Gasteiger partial charge in [-0.25, -0.2) is 0 Å². The Hall–Kier alpha value is -1.80. The molecule has 0 amide bonds. The number of nitrogens with zero attached hydrogens (tertiary/aromatic N) is 1. The molecule has 3 rings (SSSR count). The van der Waals surface area contributed by atoms with Crippen LogP contribution in [0.15, 0.2) is 48.5 Å². The Morgan fingerprint density at radius 3 is 2.15 bits per heavy atom. The van der Waals surface area contributed by atoms with Gasteiger partial charge in [-0.05, 0) is 31.5 Å². The zero-order chi connectivity index (χ0) is 13.9. The first-order valence-corrected chi connectivity index (χ1v) is 7.22. The monoisotopic (exact) mass is 267 g/mol. The van der Waals surface area contributed by atoms with Gasteiger partial charge in [-0.2, -0.15) is 0 Å². The molecule has 2 nitrogen and oxygen atoms in total. The summed E-state index contributed by atoms with van der Waals surface area (Å²) in [6.45, 7) is 6.91. The third kappa shape index (κ3) is 2.86. The van der Waals surface area contributed by atoms with Gasteiger partial charge in [0.1, 0.15) is 6.10 Å². The summed E-state index contributed by atoms with van der Waals surface area (Å²) in [5.74, 6) is 0. The first-order valence-electron chi connectivity index (χ1n) is 7.22. The van der Waals surface area contributed by atoms with Crippen molar-refractivity contribution in [2.75, 3.05) is 24.6 Å². The Labute approximate surface area is 121 Å². The lowest BCUT2D eigenvalue weighted by molar-refractivity contribution is 0.0398. The lowest BCUT2D eigenvalue weighted by atomic mass is 10.1. The van der Waals surface area contributed by atoms with Gasteiger partial charge in [0.2, 0.25) is 0 Å². The van der Waals surface area contributed by atoms with Crippen molar-refractivity contribution < 1.29 is 4.74 Å². The van der Waals surface area contributed by atoms with E-state index in [1.54, 1.807) is 0 Å². The lowest BCUT2D eigenvalue weighted by Crippen LogP contribution is -2.38. The smallest absolute Gasteiger partial charge is 0.100 e. The molecule has 0 radical (unpaired) electrons. The van der Waals surface area contributed by atoms with Gasteiger partial charge < -0.3 is 9.64 Å². The second kappa shape index (κ2) is 5.68. The molecule has 1 heterocycles. The molecule has 0 saturated carbocycles. The van der Waals surface area contributed by atoms with Crippen molar-refractivity contribution >= 4 is 5.69 Å². The first-order chi connectivity index (χ1) is 9.72. The topological polar surface area (TPSA) is 12.5 Å². The minimum Gasteiger partial charge on any atom is -0.370 e. The molecule has 20 heavy (non-hydrogen) atoms. The van der Waals surface area contributed by atoms with Crippen LogP contribution in [0.3, 0.4) is 0 Å². The van der Waals surface area contributed by atoms with Gasteiger partial charge in [-0.15, -0.1) is 0 Å². The molecule has 104 valence electrons. The molecule has 0 spiro atoms. The summed E-state index contributed by atoms with van der Waals surface area (Å²) in [5, 5.41) is 0. The van der Waals surface area contributed by atoms with Crippen molar-refractivity contribution in [3.05, 3.63) is 65.2 Å². The maximum absolute atomic E-state index is 5.94. The van der Waals surface area contributed by atoms with Gasteiger partial charge in [0.05, 0.1) is 6.61 Å². The van der Waals surface area contributed by atoms with E-state index < -0.39 is 0 Å². The van der Waals surface area contributed by atoms with Crippen molar-refractivity contribution in [2.24, 2.45) is 0 Å². The molecule has 0 bridgehead atoms. The summed E-state index contributed by atoms with van der Waals surface area (Å²) in [5.41, 5.74) is 5.15. The highest BCUT2D eigenvalue weighted by Crippen LogP contribution is 2.26. The molecule has 1 unspecified atom stereocenters. The third-order valence-corrected chi connectivity index (χ3v) is 3.91. The molecule has 1 aliphatic heterocycles. The van der Waals surface area contributed by atoms with Crippen LogP contribution >= 0.6 is 0 Å². The highest BCUT2D eigenvalue weighted by atomic mass is 16.5. The average molecular weight is 267 g/mol. The van der Waals surface area contributed by atoms with E-state index in [4.69, 9.17) is 4.74 Å². The number of hydrogen-bond donors (Lipinski definition) is 0. The van der Waals surface area contributed by atoms with Crippen molar-refractivity contribution in [2.45, 2.75) is 20.0 Å². The molecule has 1 aliphatic rings. The summed E-state index contributed by atoms with van der Waals surface area (Å²) in [4.78, 5) is 2.41. The summed E-state index contributed by atoms with van der Waals surface area (Å²) in [6.07, 6.45) is 0.172. The quantitative estimate of drug-likeness (QED) is 0.818. The van der Waals surface area contributed by atoms with Gasteiger partial charge in [-0.1, -0.05) is 47.5 Å². The minimum atomic E-state index is 0.172. The van der Waals surface area contributed by atoms with Crippen LogP contribution in [-0.4, -0.2) is 19.7 Å². The van der Waals surface area contributed by atoms with Gasteiger partial charge in [0.15, 0.2) is 0 Å². The van der Waals surface area contributed by atoms with Crippen LogP contribution in [0.2, 0.25) is 0 Å². The zero-order valence-electron chi connectivity index (χ0n) is 12.2. The van der Waals surface area contributed by atoms with Crippen molar-refractivity contribution in [3.8, 4) is 0 Å². The second-order valence-corrected chi connectivity index (χ2v) is 5.55. The SMILES string of the molecule is Cc1ccc(C2CN(c3ccc(C)cc3)CCO2)cc1. The summed E-state index contributed by atoms with van der Waals surface area (Å²) in [7, 11) is 0. The first kappa shape index (κ1) is 13.2. The van der Waals surface area contributed by atoms with Crippen molar-refractivity contribution in [3.63, 3.8) is 0 Å². The number of aryl methyl sites for hydroxylation is 2. The molecule has 0 aliphatic carbocycles. The molecule has 1 atom stereocenters. The Balaban J connectivity index is 1.76. The Morgan fingerprint density at radius 1 is 0.900 bits per heavy atom. The Morgan fingerprint density at radius 2 is 1.50 bits per heavy atom. The van der Waals surface area contributed by atoms with E-state index in [9.17, 15) is 0 Å². The highest BCUT2D eigenvalue weighted by molar-refractivity contribution is 5.48. The van der Waals surface area contributed by atoms with Crippen LogP contribution in [0.25, 0.3) is 0 Å². The molecule has 1 fully saturated rings. The number of ether oxygens (including phenoxy) is 1. The van der Waals surface area contributed by atoms with E-state index in [-0.39, 0.29) is 6.10 Å².